The van der Waals surface area contributed by atoms with Crippen LogP contribution >= 0.6 is 47.8 Å². The molecule has 0 radical (unpaired) electrons. The highest BCUT2D eigenvalue weighted by Crippen LogP contribution is 2.40. The van der Waals surface area contributed by atoms with E-state index in [1.165, 1.54) is 0 Å². The minimum Gasteiger partial charge on any atom is -0.463 e. The topological polar surface area (TPSA) is 55.8 Å². The highest BCUT2D eigenvalue weighted by molar-refractivity contribution is 9.11. The van der Waals surface area contributed by atoms with Crippen LogP contribution in [0.4, 0.5) is 0 Å². The minimum atomic E-state index is -1.08. The van der Waals surface area contributed by atoms with E-state index in [9.17, 15) is 9.90 Å². The van der Waals surface area contributed by atoms with Gasteiger partial charge >= 0.3 is 5.97 Å². The lowest BCUT2D eigenvalue weighted by Gasteiger charge is -2.17. The van der Waals surface area contributed by atoms with Gasteiger partial charge in [-0.1, -0.05) is 22.5 Å². The van der Waals surface area contributed by atoms with Gasteiger partial charge in [0.05, 0.1) is 15.6 Å². The van der Waals surface area contributed by atoms with Gasteiger partial charge < -0.3 is 14.6 Å². The largest absolute Gasteiger partial charge is 0.463 e. The van der Waals surface area contributed by atoms with Gasteiger partial charge in [-0.3, -0.25) is 0 Å². The molecular weight excluding hydrogens is 460 g/mol. The molecule has 0 heterocycles. The van der Waals surface area contributed by atoms with Crippen LogP contribution in [0.15, 0.2) is 32.1 Å². The fourth-order valence-corrected chi connectivity index (χ4v) is 3.59. The summed E-state index contributed by atoms with van der Waals surface area (Å²) in [4.78, 5) is 10.9. The number of benzene rings is 1. The Morgan fingerprint density at radius 3 is 2.70 bits per heavy atom. The predicted molar refractivity (Wildman–Crippen MR) is 86.7 cm³/mol. The van der Waals surface area contributed by atoms with Crippen LogP contribution in [0.25, 0.3) is 0 Å². The molecule has 1 unspecified atom stereocenters. The number of hydrogen-bond acceptors (Lipinski definition) is 4. The van der Waals surface area contributed by atoms with Gasteiger partial charge in [-0.05, 0) is 50.4 Å². The highest BCUT2D eigenvalue weighted by atomic mass is 79.9. The summed E-state index contributed by atoms with van der Waals surface area (Å²) in [6.07, 6.45) is 0.146. The summed E-state index contributed by atoms with van der Waals surface area (Å²) in [5.74, 6) is -0.0349. The van der Waals surface area contributed by atoms with Crippen LogP contribution in [0.5, 0.6) is 5.75 Å². The molecule has 7 heteroatoms. The monoisotopic (exact) mass is 470 g/mol. The lowest BCUT2D eigenvalue weighted by molar-refractivity contribution is -0.139. The summed E-state index contributed by atoms with van der Waals surface area (Å²) in [7, 11) is 0. The van der Waals surface area contributed by atoms with E-state index in [1.807, 2.05) is 13.0 Å². The number of halogens is 3. The van der Waals surface area contributed by atoms with Crippen LogP contribution in [0.3, 0.4) is 0 Å². The van der Waals surface area contributed by atoms with Crippen molar-refractivity contribution in [1.82, 2.24) is 0 Å². The summed E-state index contributed by atoms with van der Waals surface area (Å²) in [6.45, 7) is 5.24. The normalized spacial score (nSPS) is 11.8. The molecule has 0 aliphatic heterocycles. The zero-order valence-corrected chi connectivity index (χ0v) is 15.4. The number of carbonyl (C=O) groups is 1. The predicted octanol–water partition coefficient (Wildman–Crippen LogP) is 4.10. The Bertz CT molecular complexity index is 517. The average molecular weight is 473 g/mol. The van der Waals surface area contributed by atoms with Gasteiger partial charge in [-0.15, -0.1) is 0 Å². The molecule has 0 aliphatic carbocycles. The van der Waals surface area contributed by atoms with E-state index in [0.717, 1.165) is 20.6 Å². The molecule has 0 fully saturated rings. The highest BCUT2D eigenvalue weighted by Gasteiger charge is 2.16. The molecule has 0 aromatic heterocycles. The summed E-state index contributed by atoms with van der Waals surface area (Å²) >= 11 is 10.2. The molecule has 1 aromatic carbocycles. The van der Waals surface area contributed by atoms with Gasteiger partial charge in [0.2, 0.25) is 6.29 Å². The smallest absolute Gasteiger partial charge is 0.330 e. The number of esters is 1. The Labute approximate surface area is 142 Å². The van der Waals surface area contributed by atoms with Crippen molar-refractivity contribution in [2.45, 2.75) is 19.6 Å². The van der Waals surface area contributed by atoms with Gasteiger partial charge in [0, 0.05) is 17.0 Å². The van der Waals surface area contributed by atoms with Crippen molar-refractivity contribution in [3.05, 3.63) is 37.7 Å². The second-order valence-corrected chi connectivity index (χ2v) is 6.34. The van der Waals surface area contributed by atoms with Crippen molar-refractivity contribution >= 4 is 53.8 Å². The third-order valence-electron chi connectivity index (χ3n) is 2.39. The zero-order valence-electron chi connectivity index (χ0n) is 10.7. The number of aliphatic hydroxyl groups is 1. The molecule has 1 N–H and O–H groups in total. The van der Waals surface area contributed by atoms with Crippen LogP contribution in [0.2, 0.25) is 0 Å². The number of aliphatic hydroxyl groups excluding tert-OH is 1. The van der Waals surface area contributed by atoms with E-state index in [2.05, 4.69) is 54.4 Å². The molecule has 0 amide bonds. The van der Waals surface area contributed by atoms with Crippen molar-refractivity contribution in [2.75, 3.05) is 6.61 Å². The molecule has 0 spiro atoms. The maximum Gasteiger partial charge on any atom is 0.330 e. The molecule has 1 rings (SSSR count). The molecule has 4 nitrogen and oxygen atoms in total. The number of carbonyl (C=O) groups excluding carboxylic acids is 1. The van der Waals surface area contributed by atoms with E-state index < -0.39 is 12.3 Å². The quantitative estimate of drug-likeness (QED) is 0.385. The average Bonchev–Trinajstić information content (AvgIpc) is 2.41. The molecule has 20 heavy (non-hydrogen) atoms. The number of ether oxygens (including phenoxy) is 2. The van der Waals surface area contributed by atoms with E-state index in [1.54, 1.807) is 0 Å². The van der Waals surface area contributed by atoms with Crippen molar-refractivity contribution < 1.29 is 19.4 Å². The summed E-state index contributed by atoms with van der Waals surface area (Å²) < 4.78 is 12.6. The fourth-order valence-electron chi connectivity index (χ4n) is 1.29. The molecule has 1 aromatic rings. The Morgan fingerprint density at radius 1 is 1.45 bits per heavy atom. The Kier molecular flexibility index (Phi) is 7.22. The van der Waals surface area contributed by atoms with Crippen molar-refractivity contribution in [2.24, 2.45) is 0 Å². The molecule has 0 saturated heterocycles. The van der Waals surface area contributed by atoms with Gasteiger partial charge in [-0.2, -0.15) is 0 Å². The van der Waals surface area contributed by atoms with Gasteiger partial charge in [0.25, 0.3) is 0 Å². The van der Waals surface area contributed by atoms with Gasteiger partial charge in [0.15, 0.2) is 5.75 Å². The molecule has 110 valence electrons. The maximum atomic E-state index is 10.9. The number of rotatable bonds is 6. The third kappa shape index (κ3) is 4.87. The summed E-state index contributed by atoms with van der Waals surface area (Å²) in [6, 6.07) is 1.83. The minimum absolute atomic E-state index is 0.0523. The van der Waals surface area contributed by atoms with Crippen LogP contribution in [-0.4, -0.2) is 24.0 Å². The Balaban J connectivity index is 2.67. The molecule has 0 saturated carbocycles. The SMILES string of the molecule is C=CC(=O)OCCC(O)Oc1c(Br)cc(Br)c(C)c1Br. The number of hydrogen-bond donors (Lipinski definition) is 1. The Hall–Kier alpha value is -0.370. The summed E-state index contributed by atoms with van der Waals surface area (Å²) in [5, 5.41) is 9.80. The lowest BCUT2D eigenvalue weighted by Crippen LogP contribution is -2.19. The van der Waals surface area contributed by atoms with Gasteiger partial charge in [0.1, 0.15) is 0 Å². The third-order valence-corrected chi connectivity index (χ3v) is 4.75. The van der Waals surface area contributed by atoms with Crippen LogP contribution in [0, 0.1) is 6.92 Å². The second kappa shape index (κ2) is 8.17. The fraction of sp³-hybridized carbons (Fsp3) is 0.308. The van der Waals surface area contributed by atoms with E-state index in [-0.39, 0.29) is 13.0 Å². The van der Waals surface area contributed by atoms with E-state index in [0.29, 0.717) is 10.2 Å². The van der Waals surface area contributed by atoms with Crippen molar-refractivity contribution in [3.8, 4) is 5.75 Å². The zero-order chi connectivity index (χ0) is 15.3. The first-order chi connectivity index (χ1) is 9.36. The van der Waals surface area contributed by atoms with Crippen molar-refractivity contribution in [3.63, 3.8) is 0 Å². The van der Waals surface area contributed by atoms with E-state index in [4.69, 9.17) is 9.47 Å². The first kappa shape index (κ1) is 17.7. The maximum absolute atomic E-state index is 10.9. The van der Waals surface area contributed by atoms with Crippen LogP contribution in [0.1, 0.15) is 12.0 Å². The second-order valence-electron chi connectivity index (χ2n) is 3.84. The van der Waals surface area contributed by atoms with Crippen LogP contribution in [-0.2, 0) is 9.53 Å². The van der Waals surface area contributed by atoms with E-state index >= 15 is 0 Å². The molecule has 1 atom stereocenters. The molecule has 0 aliphatic rings. The lowest BCUT2D eigenvalue weighted by atomic mass is 10.2. The van der Waals surface area contributed by atoms with Crippen molar-refractivity contribution in [1.29, 1.82) is 0 Å². The molecule has 0 bridgehead atoms. The Morgan fingerprint density at radius 2 is 2.10 bits per heavy atom. The van der Waals surface area contributed by atoms with Gasteiger partial charge in [-0.25, -0.2) is 4.79 Å². The first-order valence-electron chi connectivity index (χ1n) is 5.64. The summed E-state index contributed by atoms with van der Waals surface area (Å²) in [5.41, 5.74) is 0.952. The van der Waals surface area contributed by atoms with Crippen LogP contribution < -0.4 is 4.74 Å². The molecular formula is C13H13Br3O4. The first-order valence-corrected chi connectivity index (χ1v) is 8.02. The standard InChI is InChI=1S/C13H13Br3O4/c1-3-10(17)19-5-4-11(18)20-13-9(15)6-8(14)7(2)12(13)16/h3,6,11,18H,1,4-5H2,2H3.